The van der Waals surface area contributed by atoms with Crippen LogP contribution >= 0.6 is 11.8 Å². The van der Waals surface area contributed by atoms with E-state index >= 15 is 0 Å². The molecule has 120 valence electrons. The van der Waals surface area contributed by atoms with E-state index in [1.165, 1.54) is 12.1 Å². The number of pyridine rings is 1. The van der Waals surface area contributed by atoms with Gasteiger partial charge in [-0.05, 0) is 42.0 Å². The molecule has 5 heteroatoms. The highest BCUT2D eigenvalue weighted by Crippen LogP contribution is 2.27. The van der Waals surface area contributed by atoms with E-state index in [4.69, 9.17) is 4.84 Å². The number of aromatic nitrogens is 1. The molecule has 0 bridgehead atoms. The van der Waals surface area contributed by atoms with Crippen molar-refractivity contribution in [3.05, 3.63) is 89.9 Å². The van der Waals surface area contributed by atoms with Gasteiger partial charge in [0.05, 0.1) is 6.21 Å². The third-order valence-corrected chi connectivity index (χ3v) is 4.19. The Hall–Kier alpha value is -2.66. The van der Waals surface area contributed by atoms with Crippen LogP contribution in [0.15, 0.2) is 88.0 Å². The van der Waals surface area contributed by atoms with Crippen LogP contribution in [0.5, 0.6) is 0 Å². The smallest absolute Gasteiger partial charge is 0.142 e. The minimum Gasteiger partial charge on any atom is -0.391 e. The highest BCUT2D eigenvalue weighted by atomic mass is 32.2. The Bertz CT molecular complexity index is 824. The molecule has 1 aromatic heterocycles. The van der Waals surface area contributed by atoms with E-state index in [0.717, 1.165) is 21.0 Å². The van der Waals surface area contributed by atoms with Gasteiger partial charge in [0, 0.05) is 16.7 Å². The first-order valence-corrected chi connectivity index (χ1v) is 8.20. The summed E-state index contributed by atoms with van der Waals surface area (Å²) in [5, 5.41) is 4.82. The summed E-state index contributed by atoms with van der Waals surface area (Å²) in [6.45, 7) is 0.218. The van der Waals surface area contributed by atoms with E-state index < -0.39 is 0 Å². The van der Waals surface area contributed by atoms with Gasteiger partial charge in [-0.3, -0.25) is 0 Å². The molecule has 2 aromatic carbocycles. The molecule has 3 rings (SSSR count). The Balaban J connectivity index is 1.64. The quantitative estimate of drug-likeness (QED) is 0.472. The van der Waals surface area contributed by atoms with Crippen LogP contribution in [0.2, 0.25) is 0 Å². The van der Waals surface area contributed by atoms with Crippen molar-refractivity contribution in [2.45, 2.75) is 16.5 Å². The molecule has 0 amide bonds. The molecule has 3 nitrogen and oxygen atoms in total. The van der Waals surface area contributed by atoms with E-state index in [0.29, 0.717) is 0 Å². The highest BCUT2D eigenvalue weighted by Gasteiger charge is 2.03. The second-order valence-electron chi connectivity index (χ2n) is 4.95. The van der Waals surface area contributed by atoms with Crippen LogP contribution in [0.4, 0.5) is 4.39 Å². The van der Waals surface area contributed by atoms with E-state index in [-0.39, 0.29) is 12.4 Å². The van der Waals surface area contributed by atoms with Crippen molar-refractivity contribution in [3.63, 3.8) is 0 Å². The molecular weight excluding hydrogens is 323 g/mol. The van der Waals surface area contributed by atoms with Crippen LogP contribution in [-0.4, -0.2) is 11.2 Å². The van der Waals surface area contributed by atoms with E-state index in [9.17, 15) is 4.39 Å². The normalized spacial score (nSPS) is 10.9. The minimum absolute atomic E-state index is 0.218. The summed E-state index contributed by atoms with van der Waals surface area (Å²) in [5.74, 6) is -0.283. The molecule has 0 atom stereocenters. The van der Waals surface area contributed by atoms with Crippen molar-refractivity contribution in [1.29, 1.82) is 0 Å². The summed E-state index contributed by atoms with van der Waals surface area (Å²) in [4.78, 5) is 10.7. The third kappa shape index (κ3) is 4.67. The Kier molecular flexibility index (Phi) is 5.58. The first-order chi connectivity index (χ1) is 11.8. The predicted molar refractivity (Wildman–Crippen MR) is 93.6 cm³/mol. The molecule has 0 fully saturated rings. The molecule has 0 unspecified atom stereocenters. The summed E-state index contributed by atoms with van der Waals surface area (Å²) >= 11 is 1.56. The Morgan fingerprint density at radius 3 is 2.75 bits per heavy atom. The third-order valence-electron chi connectivity index (χ3n) is 3.14. The lowest BCUT2D eigenvalue weighted by Crippen LogP contribution is -1.92. The molecule has 0 aliphatic carbocycles. The molecule has 0 aliphatic heterocycles. The lowest BCUT2D eigenvalue weighted by Gasteiger charge is -2.04. The second kappa shape index (κ2) is 8.26. The van der Waals surface area contributed by atoms with Gasteiger partial charge in [-0.1, -0.05) is 47.2 Å². The highest BCUT2D eigenvalue weighted by molar-refractivity contribution is 7.99. The molecule has 0 saturated heterocycles. The van der Waals surface area contributed by atoms with E-state index in [1.807, 2.05) is 42.5 Å². The fraction of sp³-hybridized carbons (Fsp3) is 0.0526. The van der Waals surface area contributed by atoms with Crippen molar-refractivity contribution in [3.8, 4) is 0 Å². The fourth-order valence-corrected chi connectivity index (χ4v) is 2.89. The Morgan fingerprint density at radius 1 is 1.04 bits per heavy atom. The van der Waals surface area contributed by atoms with Gasteiger partial charge in [0.2, 0.25) is 0 Å². The lowest BCUT2D eigenvalue weighted by molar-refractivity contribution is 0.132. The van der Waals surface area contributed by atoms with Gasteiger partial charge in [-0.25, -0.2) is 9.37 Å². The first kappa shape index (κ1) is 16.2. The molecule has 0 spiro atoms. The van der Waals surface area contributed by atoms with Gasteiger partial charge < -0.3 is 4.84 Å². The first-order valence-electron chi connectivity index (χ1n) is 7.39. The molecule has 0 aliphatic rings. The van der Waals surface area contributed by atoms with Crippen LogP contribution in [0.1, 0.15) is 11.1 Å². The maximum absolute atomic E-state index is 13.1. The van der Waals surface area contributed by atoms with Crippen LogP contribution in [0.3, 0.4) is 0 Å². The largest absolute Gasteiger partial charge is 0.391 e. The van der Waals surface area contributed by atoms with Crippen LogP contribution in [-0.2, 0) is 11.4 Å². The maximum atomic E-state index is 13.1. The number of hydrogen-bond donors (Lipinski definition) is 0. The predicted octanol–water partition coefficient (Wildman–Crippen LogP) is 4.92. The zero-order valence-electron chi connectivity index (χ0n) is 12.8. The van der Waals surface area contributed by atoms with Crippen LogP contribution in [0.25, 0.3) is 0 Å². The fourth-order valence-electron chi connectivity index (χ4n) is 2.02. The van der Waals surface area contributed by atoms with Crippen molar-refractivity contribution in [2.75, 3.05) is 0 Å². The van der Waals surface area contributed by atoms with Gasteiger partial charge in [0.25, 0.3) is 0 Å². The molecule has 0 N–H and O–H groups in total. The molecule has 1 heterocycles. The monoisotopic (exact) mass is 338 g/mol. The molecular formula is C19H15FN2OS. The zero-order chi connectivity index (χ0) is 16.6. The summed E-state index contributed by atoms with van der Waals surface area (Å²) in [6, 6.07) is 20.0. The summed E-state index contributed by atoms with van der Waals surface area (Å²) in [6.07, 6.45) is 3.37. The van der Waals surface area contributed by atoms with Crippen LogP contribution < -0.4 is 0 Å². The topological polar surface area (TPSA) is 34.5 Å². The minimum atomic E-state index is -0.283. The number of rotatable bonds is 6. The number of oxime groups is 1. The standard InChI is InChI=1S/C19H15FN2OS/c20-17-8-4-6-15(12-17)14-23-22-13-16-7-5-11-21-19(16)24-18-9-2-1-3-10-18/h1-13H,14H2. The number of benzene rings is 2. The Morgan fingerprint density at radius 2 is 1.92 bits per heavy atom. The SMILES string of the molecule is Fc1cccc(CON=Cc2cccnc2Sc2ccccc2)c1. The summed E-state index contributed by atoms with van der Waals surface area (Å²) in [5.41, 5.74) is 1.60. The molecule has 0 saturated carbocycles. The second-order valence-corrected chi connectivity index (χ2v) is 6.01. The van der Waals surface area contributed by atoms with Crippen LogP contribution in [0, 0.1) is 5.82 Å². The van der Waals surface area contributed by atoms with Crippen molar-refractivity contribution >= 4 is 18.0 Å². The summed E-state index contributed by atoms with van der Waals surface area (Å²) < 4.78 is 13.1. The average molecular weight is 338 g/mol. The average Bonchev–Trinajstić information content (AvgIpc) is 2.61. The molecule has 3 aromatic rings. The molecule has 0 radical (unpaired) electrons. The van der Waals surface area contributed by atoms with E-state index in [1.54, 1.807) is 36.3 Å². The van der Waals surface area contributed by atoms with Crippen molar-refractivity contribution in [2.24, 2.45) is 5.16 Å². The number of halogens is 1. The van der Waals surface area contributed by atoms with Gasteiger partial charge in [0.15, 0.2) is 0 Å². The van der Waals surface area contributed by atoms with Gasteiger partial charge in [-0.15, -0.1) is 0 Å². The van der Waals surface area contributed by atoms with Gasteiger partial charge in [-0.2, -0.15) is 0 Å². The molecule has 24 heavy (non-hydrogen) atoms. The van der Waals surface area contributed by atoms with Gasteiger partial charge in [0.1, 0.15) is 17.5 Å². The Labute approximate surface area is 144 Å². The van der Waals surface area contributed by atoms with Crippen molar-refractivity contribution in [1.82, 2.24) is 4.98 Å². The van der Waals surface area contributed by atoms with E-state index in [2.05, 4.69) is 10.1 Å². The van der Waals surface area contributed by atoms with Gasteiger partial charge >= 0.3 is 0 Å². The zero-order valence-corrected chi connectivity index (χ0v) is 13.6. The summed E-state index contributed by atoms with van der Waals surface area (Å²) in [7, 11) is 0. The number of hydrogen-bond acceptors (Lipinski definition) is 4. The number of nitrogens with zero attached hydrogens (tertiary/aromatic N) is 2. The lowest BCUT2D eigenvalue weighted by atomic mass is 10.2. The maximum Gasteiger partial charge on any atom is 0.142 e. The van der Waals surface area contributed by atoms with Crippen molar-refractivity contribution < 1.29 is 9.23 Å².